The number of nitrogens with one attached hydrogen (secondary N) is 1. The van der Waals surface area contributed by atoms with Gasteiger partial charge in [-0.15, -0.1) is 11.3 Å². The molecule has 0 bridgehead atoms. The topological polar surface area (TPSA) is 72.2 Å². The highest BCUT2D eigenvalue weighted by Crippen LogP contribution is 2.28. The van der Waals surface area contributed by atoms with Crippen molar-refractivity contribution in [2.45, 2.75) is 24.3 Å². The number of rotatable bonds is 5. The zero-order chi connectivity index (χ0) is 15.6. The maximum Gasteiger partial charge on any atom is 0.244 e. The van der Waals surface area contributed by atoms with Gasteiger partial charge in [0.05, 0.1) is 6.04 Å². The number of sulfonamides is 1. The number of nitrogens with two attached hydrogens (primary N) is 1. The molecule has 0 radical (unpaired) electrons. The molecule has 0 aliphatic carbocycles. The van der Waals surface area contributed by atoms with Crippen LogP contribution in [0.2, 0.25) is 0 Å². The molecule has 0 saturated carbocycles. The van der Waals surface area contributed by atoms with E-state index in [2.05, 4.69) is 20.7 Å². The lowest BCUT2D eigenvalue weighted by atomic mass is 10.2. The molecule has 0 amide bonds. The normalized spacial score (nSPS) is 13.3. The Bertz CT molecular complexity index is 733. The molecule has 3 N–H and O–H groups in total. The maximum atomic E-state index is 13.9. The minimum atomic E-state index is -3.99. The average molecular weight is 393 g/mol. The van der Waals surface area contributed by atoms with Crippen molar-refractivity contribution in [3.63, 3.8) is 0 Å². The SMILES string of the molecule is CCC(NS(=O)(=O)c1cc(N)c(Br)cc1F)c1cccs1. The van der Waals surface area contributed by atoms with Crippen LogP contribution in [0, 0.1) is 5.82 Å². The number of thiophene rings is 1. The zero-order valence-corrected chi connectivity index (χ0v) is 14.4. The molecule has 1 unspecified atom stereocenters. The second-order valence-electron chi connectivity index (χ2n) is 4.40. The van der Waals surface area contributed by atoms with E-state index in [9.17, 15) is 12.8 Å². The lowest BCUT2D eigenvalue weighted by Crippen LogP contribution is -2.28. The van der Waals surface area contributed by atoms with Gasteiger partial charge in [-0.2, -0.15) is 0 Å². The molecule has 1 atom stereocenters. The first-order chi connectivity index (χ1) is 9.85. The van der Waals surface area contributed by atoms with Crippen LogP contribution in [0.3, 0.4) is 0 Å². The Balaban J connectivity index is 2.36. The number of hydrogen-bond donors (Lipinski definition) is 2. The highest BCUT2D eigenvalue weighted by Gasteiger charge is 2.24. The van der Waals surface area contributed by atoms with Crippen LogP contribution in [0.5, 0.6) is 0 Å². The molecule has 2 aromatic rings. The molecule has 0 fully saturated rings. The Kier molecular flexibility index (Phi) is 5.03. The van der Waals surface area contributed by atoms with E-state index >= 15 is 0 Å². The van der Waals surface area contributed by atoms with Crippen LogP contribution in [0.4, 0.5) is 10.1 Å². The fourth-order valence-corrected chi connectivity index (χ4v) is 4.48. The monoisotopic (exact) mass is 392 g/mol. The fourth-order valence-electron chi connectivity index (χ4n) is 1.83. The standard InChI is InChI=1S/C13H14BrFN2O2S2/c1-2-11(12-4-3-5-20-12)17-21(18,19)13-7-10(16)8(14)6-9(13)15/h3-7,11,17H,2,16H2,1H3. The number of nitrogen functional groups attached to an aromatic ring is 1. The van der Waals surface area contributed by atoms with E-state index in [1.54, 1.807) is 0 Å². The van der Waals surface area contributed by atoms with Crippen molar-refractivity contribution >= 4 is 43.0 Å². The van der Waals surface area contributed by atoms with E-state index in [-0.39, 0.29) is 11.7 Å². The summed E-state index contributed by atoms with van der Waals surface area (Å²) in [4.78, 5) is 0.435. The highest BCUT2D eigenvalue weighted by molar-refractivity contribution is 9.10. The van der Waals surface area contributed by atoms with Gasteiger partial charge in [-0.05, 0) is 45.9 Å². The predicted octanol–water partition coefficient (Wildman–Crippen LogP) is 3.66. The van der Waals surface area contributed by atoms with Gasteiger partial charge in [0, 0.05) is 15.0 Å². The molecule has 2 rings (SSSR count). The second kappa shape index (κ2) is 6.43. The first-order valence-corrected chi connectivity index (χ1v) is 9.31. The molecule has 114 valence electrons. The van der Waals surface area contributed by atoms with E-state index in [1.807, 2.05) is 24.4 Å². The molecule has 8 heteroatoms. The van der Waals surface area contributed by atoms with Gasteiger partial charge in [-0.1, -0.05) is 13.0 Å². The van der Waals surface area contributed by atoms with Crippen molar-refractivity contribution in [1.29, 1.82) is 0 Å². The van der Waals surface area contributed by atoms with Gasteiger partial charge in [-0.25, -0.2) is 17.5 Å². The smallest absolute Gasteiger partial charge is 0.244 e. The average Bonchev–Trinajstić information content (AvgIpc) is 2.94. The van der Waals surface area contributed by atoms with Crippen molar-refractivity contribution in [3.8, 4) is 0 Å². The van der Waals surface area contributed by atoms with E-state index in [4.69, 9.17) is 5.73 Å². The minimum Gasteiger partial charge on any atom is -0.398 e. The molecule has 0 aliphatic rings. The fraction of sp³-hybridized carbons (Fsp3) is 0.231. The Morgan fingerprint density at radius 1 is 1.48 bits per heavy atom. The summed E-state index contributed by atoms with van der Waals surface area (Å²) in [6.45, 7) is 1.86. The highest BCUT2D eigenvalue weighted by atomic mass is 79.9. The summed E-state index contributed by atoms with van der Waals surface area (Å²) in [6.07, 6.45) is 0.563. The van der Waals surface area contributed by atoms with Crippen LogP contribution in [-0.4, -0.2) is 8.42 Å². The van der Waals surface area contributed by atoms with Gasteiger partial charge < -0.3 is 5.73 Å². The van der Waals surface area contributed by atoms with Crippen LogP contribution >= 0.6 is 27.3 Å². The van der Waals surface area contributed by atoms with Crippen LogP contribution < -0.4 is 10.5 Å². The molecule has 4 nitrogen and oxygen atoms in total. The number of hydrogen-bond acceptors (Lipinski definition) is 4. The summed E-state index contributed by atoms with van der Waals surface area (Å²) in [5.41, 5.74) is 5.81. The first-order valence-electron chi connectivity index (χ1n) is 6.15. The lowest BCUT2D eigenvalue weighted by molar-refractivity contribution is 0.537. The second-order valence-corrected chi connectivity index (χ2v) is 7.92. The summed E-state index contributed by atoms with van der Waals surface area (Å²) >= 11 is 4.51. The van der Waals surface area contributed by atoms with Gasteiger partial charge >= 0.3 is 0 Å². The van der Waals surface area contributed by atoms with Gasteiger partial charge in [-0.3, -0.25) is 0 Å². The van der Waals surface area contributed by atoms with E-state index < -0.39 is 20.7 Å². The molecule has 1 heterocycles. The number of benzene rings is 1. The van der Waals surface area contributed by atoms with Crippen molar-refractivity contribution in [2.75, 3.05) is 5.73 Å². The maximum absolute atomic E-state index is 13.9. The third kappa shape index (κ3) is 3.63. The minimum absolute atomic E-state index is 0.168. The molecule has 0 aliphatic heterocycles. The molecule has 1 aromatic carbocycles. The molecule has 0 saturated heterocycles. The molecule has 21 heavy (non-hydrogen) atoms. The van der Waals surface area contributed by atoms with Crippen molar-refractivity contribution in [1.82, 2.24) is 4.72 Å². The predicted molar refractivity (Wildman–Crippen MR) is 86.2 cm³/mol. The summed E-state index contributed by atoms with van der Waals surface area (Å²) in [7, 11) is -3.99. The van der Waals surface area contributed by atoms with E-state index in [1.165, 1.54) is 11.3 Å². The quantitative estimate of drug-likeness (QED) is 0.762. The molecular formula is C13H14BrFN2O2S2. The van der Waals surface area contributed by atoms with Crippen LogP contribution in [-0.2, 0) is 10.0 Å². The number of halogens is 2. The third-order valence-electron chi connectivity index (χ3n) is 2.93. The third-order valence-corrected chi connectivity index (χ3v) is 6.09. The summed E-state index contributed by atoms with van der Waals surface area (Å²) in [5.74, 6) is -0.843. The van der Waals surface area contributed by atoms with Crippen LogP contribution in [0.15, 0.2) is 39.0 Å². The van der Waals surface area contributed by atoms with E-state index in [0.29, 0.717) is 10.9 Å². The van der Waals surface area contributed by atoms with Gasteiger partial charge in [0.1, 0.15) is 10.7 Å². The summed E-state index contributed by atoms with van der Waals surface area (Å²) < 4.78 is 41.5. The van der Waals surface area contributed by atoms with E-state index in [0.717, 1.165) is 17.0 Å². The van der Waals surface area contributed by atoms with Crippen molar-refractivity contribution in [2.24, 2.45) is 0 Å². The summed E-state index contributed by atoms with van der Waals surface area (Å²) in [6, 6.07) is 5.46. The van der Waals surface area contributed by atoms with Crippen molar-refractivity contribution in [3.05, 3.63) is 44.8 Å². The first kappa shape index (κ1) is 16.4. The molecule has 1 aromatic heterocycles. The number of anilines is 1. The molecule has 0 spiro atoms. The Morgan fingerprint density at radius 3 is 2.76 bits per heavy atom. The summed E-state index contributed by atoms with van der Waals surface area (Å²) in [5, 5.41) is 1.87. The van der Waals surface area contributed by atoms with Crippen LogP contribution in [0.1, 0.15) is 24.3 Å². The Hall–Kier alpha value is -0.960. The van der Waals surface area contributed by atoms with Gasteiger partial charge in [0.25, 0.3) is 0 Å². The van der Waals surface area contributed by atoms with Crippen LogP contribution in [0.25, 0.3) is 0 Å². The zero-order valence-electron chi connectivity index (χ0n) is 11.1. The van der Waals surface area contributed by atoms with Gasteiger partial charge in [0.15, 0.2) is 0 Å². The Labute approximate surface area is 135 Å². The molecular weight excluding hydrogens is 379 g/mol. The Morgan fingerprint density at radius 2 is 2.19 bits per heavy atom. The largest absolute Gasteiger partial charge is 0.398 e. The van der Waals surface area contributed by atoms with Crippen molar-refractivity contribution < 1.29 is 12.8 Å². The lowest BCUT2D eigenvalue weighted by Gasteiger charge is -2.16. The van der Waals surface area contributed by atoms with Gasteiger partial charge in [0.2, 0.25) is 10.0 Å².